The quantitative estimate of drug-likeness (QED) is 0.866. The van der Waals surface area contributed by atoms with Crippen LogP contribution in [0.2, 0.25) is 0 Å². The summed E-state index contributed by atoms with van der Waals surface area (Å²) in [5.41, 5.74) is 6.62. The van der Waals surface area contributed by atoms with E-state index in [2.05, 4.69) is 15.9 Å². The van der Waals surface area contributed by atoms with E-state index in [1.165, 1.54) is 0 Å². The van der Waals surface area contributed by atoms with Crippen molar-refractivity contribution < 1.29 is 4.39 Å². The molecule has 2 N–H and O–H groups in total. The van der Waals surface area contributed by atoms with Gasteiger partial charge in [0, 0.05) is 11.5 Å². The first-order valence-electron chi connectivity index (χ1n) is 4.77. The molecule has 1 aromatic rings. The molecule has 0 heterocycles. The molecule has 1 aliphatic carbocycles. The lowest BCUT2D eigenvalue weighted by Gasteiger charge is -2.20. The van der Waals surface area contributed by atoms with Gasteiger partial charge in [-0.3, -0.25) is 0 Å². The average Bonchev–Trinajstić information content (AvgIpc) is 2.89. The van der Waals surface area contributed by atoms with Crippen molar-refractivity contribution in [2.24, 2.45) is 5.73 Å². The van der Waals surface area contributed by atoms with Gasteiger partial charge in [-0.1, -0.05) is 19.1 Å². The predicted molar refractivity (Wildman–Crippen MR) is 58.7 cm³/mol. The molecule has 3 heteroatoms. The summed E-state index contributed by atoms with van der Waals surface area (Å²) in [7, 11) is 0. The van der Waals surface area contributed by atoms with E-state index in [1.807, 2.05) is 19.1 Å². The fourth-order valence-corrected chi connectivity index (χ4v) is 2.12. The molecule has 1 nitrogen and oxygen atoms in total. The minimum Gasteiger partial charge on any atom is -0.325 e. The maximum absolute atomic E-state index is 13.7. The lowest BCUT2D eigenvalue weighted by atomic mass is 9.91. The Labute approximate surface area is 91.6 Å². The standard InChI is InChI=1S/C11H13BrFN/c1-7(11(14)5-6-11)8-3-2-4-9(12)10(8)13/h2-4,7H,5-6,14H2,1H3. The van der Waals surface area contributed by atoms with Crippen LogP contribution in [0.15, 0.2) is 22.7 Å². The summed E-state index contributed by atoms with van der Waals surface area (Å²) in [6.45, 7) is 2.00. The van der Waals surface area contributed by atoms with Crippen molar-refractivity contribution in [3.8, 4) is 0 Å². The largest absolute Gasteiger partial charge is 0.325 e. The maximum Gasteiger partial charge on any atom is 0.140 e. The molecule has 0 saturated heterocycles. The first-order chi connectivity index (χ1) is 6.54. The average molecular weight is 258 g/mol. The van der Waals surface area contributed by atoms with Crippen molar-refractivity contribution >= 4 is 15.9 Å². The normalized spacial score (nSPS) is 20.6. The van der Waals surface area contributed by atoms with Crippen LogP contribution in [0.3, 0.4) is 0 Å². The van der Waals surface area contributed by atoms with E-state index in [1.54, 1.807) is 6.07 Å². The van der Waals surface area contributed by atoms with E-state index in [4.69, 9.17) is 5.73 Å². The summed E-state index contributed by atoms with van der Waals surface area (Å²) in [5, 5.41) is 0. The fraction of sp³-hybridized carbons (Fsp3) is 0.455. The van der Waals surface area contributed by atoms with Crippen molar-refractivity contribution in [3.63, 3.8) is 0 Å². The van der Waals surface area contributed by atoms with Gasteiger partial charge in [-0.2, -0.15) is 0 Å². The van der Waals surface area contributed by atoms with Crippen LogP contribution in [0.5, 0.6) is 0 Å². The molecule has 2 rings (SSSR count). The first kappa shape index (κ1) is 10.1. The molecule has 1 aromatic carbocycles. The molecule has 1 saturated carbocycles. The van der Waals surface area contributed by atoms with Gasteiger partial charge in [0.05, 0.1) is 4.47 Å². The van der Waals surface area contributed by atoms with Crippen LogP contribution >= 0.6 is 15.9 Å². The van der Waals surface area contributed by atoms with Gasteiger partial charge in [-0.25, -0.2) is 4.39 Å². The highest BCUT2D eigenvalue weighted by atomic mass is 79.9. The van der Waals surface area contributed by atoms with Crippen molar-refractivity contribution in [1.29, 1.82) is 0 Å². The Balaban J connectivity index is 2.36. The lowest BCUT2D eigenvalue weighted by molar-refractivity contribution is 0.515. The van der Waals surface area contributed by atoms with Gasteiger partial charge in [0.15, 0.2) is 0 Å². The minimum absolute atomic E-state index is 0.0972. The number of hydrogen-bond donors (Lipinski definition) is 1. The molecule has 0 amide bonds. The third-order valence-electron chi connectivity index (χ3n) is 3.14. The highest BCUT2D eigenvalue weighted by molar-refractivity contribution is 9.10. The topological polar surface area (TPSA) is 26.0 Å². The van der Waals surface area contributed by atoms with Crippen LogP contribution in [0, 0.1) is 5.82 Å². The zero-order chi connectivity index (χ0) is 10.3. The Morgan fingerprint density at radius 2 is 2.14 bits per heavy atom. The predicted octanol–water partition coefficient (Wildman–Crippen LogP) is 3.18. The monoisotopic (exact) mass is 257 g/mol. The molecule has 1 fully saturated rings. The molecule has 14 heavy (non-hydrogen) atoms. The minimum atomic E-state index is -0.170. The zero-order valence-corrected chi connectivity index (χ0v) is 9.64. The van der Waals surface area contributed by atoms with Crippen molar-refractivity contribution in [2.45, 2.75) is 31.2 Å². The first-order valence-corrected chi connectivity index (χ1v) is 5.57. The van der Waals surface area contributed by atoms with E-state index >= 15 is 0 Å². The number of halogens is 2. The van der Waals surface area contributed by atoms with Gasteiger partial charge >= 0.3 is 0 Å². The molecule has 0 aliphatic heterocycles. The molecule has 0 aromatic heterocycles. The van der Waals surface area contributed by atoms with E-state index in [9.17, 15) is 4.39 Å². The molecule has 0 spiro atoms. The lowest BCUT2D eigenvalue weighted by Crippen LogP contribution is -2.29. The Morgan fingerprint density at radius 1 is 1.50 bits per heavy atom. The number of benzene rings is 1. The third-order valence-corrected chi connectivity index (χ3v) is 3.75. The molecule has 1 aliphatic rings. The summed E-state index contributed by atoms with van der Waals surface area (Å²) in [6, 6.07) is 5.38. The van der Waals surface area contributed by atoms with Gasteiger partial charge in [0.1, 0.15) is 5.82 Å². The third kappa shape index (κ3) is 1.59. The Kier molecular flexibility index (Phi) is 2.40. The summed E-state index contributed by atoms with van der Waals surface area (Å²) in [5.74, 6) is -0.0725. The summed E-state index contributed by atoms with van der Waals surface area (Å²) >= 11 is 3.19. The molecular formula is C11H13BrFN. The molecule has 1 unspecified atom stereocenters. The van der Waals surface area contributed by atoms with Gasteiger partial charge in [0.25, 0.3) is 0 Å². The van der Waals surface area contributed by atoms with Gasteiger partial charge in [0.2, 0.25) is 0 Å². The second-order valence-electron chi connectivity index (χ2n) is 4.10. The maximum atomic E-state index is 13.7. The molecule has 0 radical (unpaired) electrons. The van der Waals surface area contributed by atoms with Crippen molar-refractivity contribution in [2.75, 3.05) is 0 Å². The Hall–Kier alpha value is -0.410. The smallest absolute Gasteiger partial charge is 0.140 e. The second-order valence-corrected chi connectivity index (χ2v) is 4.95. The van der Waals surface area contributed by atoms with E-state index in [0.717, 1.165) is 18.4 Å². The Morgan fingerprint density at radius 3 is 2.71 bits per heavy atom. The summed E-state index contributed by atoms with van der Waals surface area (Å²) in [6.07, 6.45) is 2.00. The van der Waals surface area contributed by atoms with Gasteiger partial charge in [-0.15, -0.1) is 0 Å². The number of hydrogen-bond acceptors (Lipinski definition) is 1. The molecule has 1 atom stereocenters. The van der Waals surface area contributed by atoms with Crippen LogP contribution in [-0.4, -0.2) is 5.54 Å². The van der Waals surface area contributed by atoms with Crippen molar-refractivity contribution in [3.05, 3.63) is 34.1 Å². The molecule has 0 bridgehead atoms. The van der Waals surface area contributed by atoms with Crippen LogP contribution < -0.4 is 5.73 Å². The van der Waals surface area contributed by atoms with Gasteiger partial charge in [-0.05, 0) is 40.4 Å². The van der Waals surface area contributed by atoms with Crippen molar-refractivity contribution in [1.82, 2.24) is 0 Å². The van der Waals surface area contributed by atoms with E-state index < -0.39 is 0 Å². The van der Waals surface area contributed by atoms with Crippen LogP contribution in [0.4, 0.5) is 4.39 Å². The van der Waals surface area contributed by atoms with Gasteiger partial charge < -0.3 is 5.73 Å². The summed E-state index contributed by atoms with van der Waals surface area (Å²) in [4.78, 5) is 0. The SMILES string of the molecule is CC(c1cccc(Br)c1F)C1(N)CC1. The highest BCUT2D eigenvalue weighted by Gasteiger charge is 2.44. The summed E-state index contributed by atoms with van der Waals surface area (Å²) < 4.78 is 14.2. The molecular weight excluding hydrogens is 245 g/mol. The molecule has 76 valence electrons. The van der Waals surface area contributed by atoms with Crippen LogP contribution in [0.25, 0.3) is 0 Å². The zero-order valence-electron chi connectivity index (χ0n) is 8.06. The fourth-order valence-electron chi connectivity index (χ4n) is 1.74. The van der Waals surface area contributed by atoms with E-state index in [-0.39, 0.29) is 17.3 Å². The number of nitrogens with two attached hydrogens (primary N) is 1. The highest BCUT2D eigenvalue weighted by Crippen LogP contribution is 2.45. The number of rotatable bonds is 2. The van der Waals surface area contributed by atoms with Crippen LogP contribution in [-0.2, 0) is 0 Å². The second kappa shape index (κ2) is 3.31. The van der Waals surface area contributed by atoms with Crippen LogP contribution in [0.1, 0.15) is 31.2 Å². The Bertz CT molecular complexity index is 360. The van der Waals surface area contributed by atoms with E-state index in [0.29, 0.717) is 4.47 Å².